The van der Waals surface area contributed by atoms with Crippen molar-refractivity contribution in [3.8, 4) is 5.75 Å². The fourth-order valence-electron chi connectivity index (χ4n) is 1.66. The first kappa shape index (κ1) is 19.5. The average Bonchev–Trinajstić information content (AvgIpc) is 2.46. The maximum atomic E-state index is 11.8. The molecule has 7 heteroatoms. The monoisotopic (exact) mass is 336 g/mol. The fourth-order valence-corrected chi connectivity index (χ4v) is 1.66. The van der Waals surface area contributed by atoms with Gasteiger partial charge in [0.05, 0.1) is 13.0 Å². The van der Waals surface area contributed by atoms with Crippen LogP contribution in [0.1, 0.15) is 34.1 Å². The lowest BCUT2D eigenvalue weighted by atomic mass is 10.1. The summed E-state index contributed by atoms with van der Waals surface area (Å²) in [6.07, 6.45) is -1.07. The summed E-state index contributed by atoms with van der Waals surface area (Å²) in [5, 5.41) is 4.71. The van der Waals surface area contributed by atoms with Gasteiger partial charge < -0.3 is 14.8 Å². The minimum absolute atomic E-state index is 0.000696. The highest BCUT2D eigenvalue weighted by Gasteiger charge is 2.22. The Hall–Kier alpha value is -2.57. The molecule has 0 unspecified atom stereocenters. The number of carbonyl (C=O) groups is 3. The predicted octanol–water partition coefficient (Wildman–Crippen LogP) is 2.01. The molecule has 1 rings (SSSR count). The predicted molar refractivity (Wildman–Crippen MR) is 88.5 cm³/mol. The molecule has 7 nitrogen and oxygen atoms in total. The molecule has 0 saturated heterocycles. The van der Waals surface area contributed by atoms with E-state index >= 15 is 0 Å². The molecule has 0 radical (unpaired) electrons. The van der Waals surface area contributed by atoms with Gasteiger partial charge in [-0.2, -0.15) is 0 Å². The molecule has 0 spiro atoms. The molecule has 0 bridgehead atoms. The van der Waals surface area contributed by atoms with Crippen molar-refractivity contribution in [3.63, 3.8) is 0 Å². The van der Waals surface area contributed by atoms with Crippen molar-refractivity contribution < 1.29 is 23.9 Å². The zero-order chi connectivity index (χ0) is 18.2. The number of imide groups is 1. The van der Waals surface area contributed by atoms with Gasteiger partial charge in [-0.15, -0.1) is 0 Å². The van der Waals surface area contributed by atoms with E-state index in [2.05, 4.69) is 10.6 Å². The van der Waals surface area contributed by atoms with Crippen molar-refractivity contribution in [1.82, 2.24) is 10.6 Å². The quantitative estimate of drug-likeness (QED) is 0.775. The first-order valence-electron chi connectivity index (χ1n) is 7.68. The topological polar surface area (TPSA) is 93.7 Å². The number of hydrogen-bond acceptors (Lipinski definition) is 5. The van der Waals surface area contributed by atoms with E-state index in [9.17, 15) is 14.4 Å². The number of ether oxygens (including phenoxy) is 2. The lowest BCUT2D eigenvalue weighted by Gasteiger charge is -2.21. The molecule has 0 aliphatic carbocycles. The lowest BCUT2D eigenvalue weighted by molar-refractivity contribution is -0.154. The van der Waals surface area contributed by atoms with Crippen LogP contribution in [0.3, 0.4) is 0 Å². The number of para-hydroxylation sites is 1. The summed E-state index contributed by atoms with van der Waals surface area (Å²) in [5.74, 6) is -0.617. The van der Waals surface area contributed by atoms with E-state index in [0.717, 1.165) is 0 Å². The Morgan fingerprint density at radius 2 is 1.75 bits per heavy atom. The lowest BCUT2D eigenvalue weighted by Crippen LogP contribution is -2.50. The molecule has 0 fully saturated rings. The van der Waals surface area contributed by atoms with Crippen LogP contribution >= 0.6 is 0 Å². The van der Waals surface area contributed by atoms with E-state index < -0.39 is 29.6 Å². The van der Waals surface area contributed by atoms with Gasteiger partial charge in [0.15, 0.2) is 6.10 Å². The normalized spacial score (nSPS) is 12.0. The molecule has 1 atom stereocenters. The van der Waals surface area contributed by atoms with Crippen molar-refractivity contribution in [1.29, 1.82) is 0 Å². The van der Waals surface area contributed by atoms with Crippen LogP contribution in [0.2, 0.25) is 0 Å². The summed E-state index contributed by atoms with van der Waals surface area (Å²) in [6, 6.07) is 8.41. The number of esters is 1. The molecule has 0 heterocycles. The van der Waals surface area contributed by atoms with Gasteiger partial charge in [-0.3, -0.25) is 14.9 Å². The summed E-state index contributed by atoms with van der Waals surface area (Å²) < 4.78 is 10.3. The molecule has 1 aromatic rings. The number of carbonyl (C=O) groups excluding carboxylic acids is 3. The third kappa shape index (κ3) is 8.17. The zero-order valence-corrected chi connectivity index (χ0v) is 14.4. The molecule has 0 aliphatic heterocycles. The Labute approximate surface area is 141 Å². The zero-order valence-electron chi connectivity index (χ0n) is 14.4. The van der Waals surface area contributed by atoms with E-state index in [-0.39, 0.29) is 13.0 Å². The summed E-state index contributed by atoms with van der Waals surface area (Å²) in [4.78, 5) is 35.1. The van der Waals surface area contributed by atoms with Gasteiger partial charge in [0.1, 0.15) is 5.75 Å². The third-order valence-corrected chi connectivity index (χ3v) is 2.72. The van der Waals surface area contributed by atoms with Crippen LogP contribution in [0.15, 0.2) is 30.3 Å². The molecule has 0 aliphatic rings. The van der Waals surface area contributed by atoms with Gasteiger partial charge in [-0.05, 0) is 39.8 Å². The summed E-state index contributed by atoms with van der Waals surface area (Å²) >= 11 is 0. The molecule has 132 valence electrons. The van der Waals surface area contributed by atoms with Crippen LogP contribution in [0.5, 0.6) is 5.75 Å². The van der Waals surface area contributed by atoms with Crippen molar-refractivity contribution in [2.24, 2.45) is 0 Å². The molecule has 2 N–H and O–H groups in total. The van der Waals surface area contributed by atoms with E-state index in [0.29, 0.717) is 5.75 Å². The molecule has 0 saturated carbocycles. The fraction of sp³-hybridized carbons (Fsp3) is 0.471. The van der Waals surface area contributed by atoms with Gasteiger partial charge >= 0.3 is 12.0 Å². The number of urea groups is 1. The van der Waals surface area contributed by atoms with E-state index in [4.69, 9.17) is 9.47 Å². The second-order valence-corrected chi connectivity index (χ2v) is 6.24. The van der Waals surface area contributed by atoms with E-state index in [1.165, 1.54) is 6.92 Å². The van der Waals surface area contributed by atoms with Crippen LogP contribution in [-0.2, 0) is 14.3 Å². The molecule has 0 aromatic heterocycles. The van der Waals surface area contributed by atoms with Crippen molar-refractivity contribution >= 4 is 17.9 Å². The Morgan fingerprint density at radius 1 is 1.12 bits per heavy atom. The number of rotatable bonds is 6. The largest absolute Gasteiger partial charge is 0.493 e. The maximum Gasteiger partial charge on any atom is 0.321 e. The molecular formula is C17H24N2O5. The van der Waals surface area contributed by atoms with Crippen LogP contribution in [0.25, 0.3) is 0 Å². The summed E-state index contributed by atoms with van der Waals surface area (Å²) in [7, 11) is 0. The number of amides is 3. The minimum Gasteiger partial charge on any atom is -0.493 e. The highest BCUT2D eigenvalue weighted by atomic mass is 16.5. The van der Waals surface area contributed by atoms with Crippen LogP contribution < -0.4 is 15.4 Å². The smallest absolute Gasteiger partial charge is 0.321 e. The van der Waals surface area contributed by atoms with Gasteiger partial charge in [-0.25, -0.2) is 4.79 Å². The Kier molecular flexibility index (Phi) is 7.23. The van der Waals surface area contributed by atoms with Crippen LogP contribution in [0.4, 0.5) is 4.79 Å². The Balaban J connectivity index is 2.30. The number of hydrogen-bond donors (Lipinski definition) is 2. The second-order valence-electron chi connectivity index (χ2n) is 6.24. The van der Waals surface area contributed by atoms with E-state index in [1.54, 1.807) is 32.9 Å². The summed E-state index contributed by atoms with van der Waals surface area (Å²) in [6.45, 7) is 6.89. The van der Waals surface area contributed by atoms with E-state index in [1.807, 2.05) is 18.2 Å². The van der Waals surface area contributed by atoms with Crippen LogP contribution in [-0.4, -0.2) is 36.2 Å². The first-order valence-corrected chi connectivity index (χ1v) is 7.68. The third-order valence-electron chi connectivity index (χ3n) is 2.72. The van der Waals surface area contributed by atoms with Gasteiger partial charge in [0.25, 0.3) is 5.91 Å². The molecule has 24 heavy (non-hydrogen) atoms. The second kappa shape index (κ2) is 8.90. The molecule has 1 aromatic carbocycles. The van der Waals surface area contributed by atoms with Crippen molar-refractivity contribution in [3.05, 3.63) is 30.3 Å². The molecular weight excluding hydrogens is 312 g/mol. The maximum absolute atomic E-state index is 11.8. The van der Waals surface area contributed by atoms with Crippen LogP contribution in [0, 0.1) is 0 Å². The number of benzene rings is 1. The van der Waals surface area contributed by atoms with Gasteiger partial charge in [0, 0.05) is 5.54 Å². The standard InChI is InChI=1S/C17H24N2O5/c1-12(15(21)18-16(22)19-17(2,3)4)24-14(20)10-11-23-13-8-6-5-7-9-13/h5-9,12H,10-11H2,1-4H3,(H2,18,19,21,22)/t12-/m1/s1. The highest BCUT2D eigenvalue weighted by molar-refractivity contribution is 5.97. The highest BCUT2D eigenvalue weighted by Crippen LogP contribution is 2.08. The SMILES string of the molecule is C[C@@H](OC(=O)CCOc1ccccc1)C(=O)NC(=O)NC(C)(C)C. The molecule has 3 amide bonds. The van der Waals surface area contributed by atoms with Crippen molar-refractivity contribution in [2.45, 2.75) is 45.8 Å². The van der Waals surface area contributed by atoms with Gasteiger partial charge in [0.2, 0.25) is 0 Å². The first-order chi connectivity index (χ1) is 11.2. The van der Waals surface area contributed by atoms with Gasteiger partial charge in [-0.1, -0.05) is 18.2 Å². The Morgan fingerprint density at radius 3 is 2.33 bits per heavy atom. The minimum atomic E-state index is -1.07. The Bertz CT molecular complexity index is 566. The average molecular weight is 336 g/mol. The number of nitrogens with one attached hydrogen (secondary N) is 2. The van der Waals surface area contributed by atoms with Crippen molar-refractivity contribution in [2.75, 3.05) is 6.61 Å². The summed E-state index contributed by atoms with van der Waals surface area (Å²) in [5.41, 5.74) is -0.473.